The minimum atomic E-state index is -0.957. The van der Waals surface area contributed by atoms with Crippen molar-refractivity contribution in [2.75, 3.05) is 0 Å². The van der Waals surface area contributed by atoms with E-state index >= 15 is 0 Å². The maximum Gasteiger partial charge on any atom is 0.336 e. The van der Waals surface area contributed by atoms with E-state index in [1.165, 1.54) is 17.0 Å². The molecule has 0 atom stereocenters. The van der Waals surface area contributed by atoms with E-state index < -0.39 is 5.97 Å². The largest absolute Gasteiger partial charge is 0.478 e. The summed E-state index contributed by atoms with van der Waals surface area (Å²) in [5.74, 6) is -0.957. The maximum absolute atomic E-state index is 11.5. The lowest BCUT2D eigenvalue weighted by molar-refractivity contribution is 0.0696. The molecule has 0 aliphatic carbocycles. The third-order valence-corrected chi connectivity index (χ3v) is 4.97. The van der Waals surface area contributed by atoms with Crippen LogP contribution >= 0.6 is 11.6 Å². The number of aromatic nitrogens is 1. The Hall–Kier alpha value is -3.04. The lowest BCUT2D eigenvalue weighted by atomic mass is 9.99. The van der Waals surface area contributed by atoms with E-state index in [9.17, 15) is 9.90 Å². The van der Waals surface area contributed by atoms with Gasteiger partial charge in [-0.1, -0.05) is 60.1 Å². The van der Waals surface area contributed by atoms with Gasteiger partial charge in [-0.15, -0.1) is 0 Å². The van der Waals surface area contributed by atoms with Crippen LogP contribution in [0, 0.1) is 0 Å². The van der Waals surface area contributed by atoms with Crippen molar-refractivity contribution in [3.05, 3.63) is 106 Å². The average Bonchev–Trinajstić information content (AvgIpc) is 3.06. The molecule has 0 bridgehead atoms. The van der Waals surface area contributed by atoms with Crippen molar-refractivity contribution in [1.29, 1.82) is 0 Å². The molecule has 0 amide bonds. The Balaban J connectivity index is 1.68. The quantitative estimate of drug-likeness (QED) is 0.491. The van der Waals surface area contributed by atoms with Crippen LogP contribution in [0.4, 0.5) is 0 Å². The first-order valence-corrected chi connectivity index (χ1v) is 9.11. The van der Waals surface area contributed by atoms with Crippen molar-refractivity contribution in [3.63, 3.8) is 0 Å². The Labute approximate surface area is 162 Å². The van der Waals surface area contributed by atoms with E-state index in [4.69, 9.17) is 11.6 Å². The molecule has 1 N–H and O–H groups in total. The van der Waals surface area contributed by atoms with Crippen LogP contribution in [-0.2, 0) is 13.0 Å². The van der Waals surface area contributed by atoms with Gasteiger partial charge in [0.25, 0.3) is 0 Å². The van der Waals surface area contributed by atoms with Crippen molar-refractivity contribution in [2.45, 2.75) is 13.0 Å². The fourth-order valence-electron chi connectivity index (χ4n) is 3.38. The molecule has 0 unspecified atom stereocenters. The molecule has 0 aliphatic rings. The maximum atomic E-state index is 11.5. The van der Waals surface area contributed by atoms with Gasteiger partial charge in [0, 0.05) is 23.3 Å². The number of carbonyl (C=O) groups is 1. The van der Waals surface area contributed by atoms with Gasteiger partial charge in [0.2, 0.25) is 0 Å². The van der Waals surface area contributed by atoms with E-state index in [1.54, 1.807) is 12.1 Å². The smallest absolute Gasteiger partial charge is 0.336 e. The van der Waals surface area contributed by atoms with Crippen LogP contribution in [0.15, 0.2) is 79.0 Å². The topological polar surface area (TPSA) is 42.2 Å². The van der Waals surface area contributed by atoms with Crippen LogP contribution in [0.5, 0.6) is 0 Å². The molecule has 0 saturated carbocycles. The standard InChI is InChI=1S/C23H18ClNO2/c24-20-9-8-19(21(14-20)23(26)27)12-17-6-7-18-10-11-25(22(18)13-17)15-16-4-2-1-3-5-16/h1-11,13-14H,12,15H2,(H,26,27). The Morgan fingerprint density at radius 1 is 0.926 bits per heavy atom. The molecule has 0 radical (unpaired) electrons. The van der Waals surface area contributed by atoms with Gasteiger partial charge >= 0.3 is 5.97 Å². The summed E-state index contributed by atoms with van der Waals surface area (Å²) in [4.78, 5) is 11.5. The van der Waals surface area contributed by atoms with E-state index in [0.717, 1.165) is 23.2 Å². The van der Waals surface area contributed by atoms with Gasteiger partial charge in [-0.05, 0) is 52.8 Å². The molecule has 3 aromatic carbocycles. The van der Waals surface area contributed by atoms with Gasteiger partial charge in [-0.3, -0.25) is 0 Å². The van der Waals surface area contributed by atoms with Crippen LogP contribution < -0.4 is 0 Å². The van der Waals surface area contributed by atoms with Gasteiger partial charge < -0.3 is 9.67 Å². The second kappa shape index (κ2) is 7.29. The molecule has 3 nitrogen and oxygen atoms in total. The van der Waals surface area contributed by atoms with Crippen molar-refractivity contribution in [3.8, 4) is 0 Å². The average molecular weight is 376 g/mol. The number of aromatic carboxylic acids is 1. The highest BCUT2D eigenvalue weighted by molar-refractivity contribution is 6.31. The minimum Gasteiger partial charge on any atom is -0.478 e. The van der Waals surface area contributed by atoms with Crippen LogP contribution in [-0.4, -0.2) is 15.6 Å². The highest BCUT2D eigenvalue weighted by atomic mass is 35.5. The molecule has 0 aliphatic heterocycles. The van der Waals surface area contributed by atoms with Gasteiger partial charge in [-0.25, -0.2) is 4.79 Å². The van der Waals surface area contributed by atoms with Crippen LogP contribution in [0.1, 0.15) is 27.0 Å². The zero-order valence-corrected chi connectivity index (χ0v) is 15.4. The number of rotatable bonds is 5. The van der Waals surface area contributed by atoms with Crippen molar-refractivity contribution < 1.29 is 9.90 Å². The Bertz CT molecular complexity index is 1120. The van der Waals surface area contributed by atoms with Crippen molar-refractivity contribution >= 4 is 28.5 Å². The van der Waals surface area contributed by atoms with Crippen molar-refractivity contribution in [2.24, 2.45) is 0 Å². The van der Waals surface area contributed by atoms with Gasteiger partial charge in [0.05, 0.1) is 5.56 Å². The molecule has 0 saturated heterocycles. The molecule has 134 valence electrons. The van der Waals surface area contributed by atoms with Crippen LogP contribution in [0.3, 0.4) is 0 Å². The summed E-state index contributed by atoms with van der Waals surface area (Å²) >= 11 is 5.96. The summed E-state index contributed by atoms with van der Waals surface area (Å²) in [7, 11) is 0. The first kappa shape index (κ1) is 17.4. The summed E-state index contributed by atoms with van der Waals surface area (Å²) in [6, 6.07) is 23.7. The Morgan fingerprint density at radius 3 is 2.52 bits per heavy atom. The SMILES string of the molecule is O=C(O)c1cc(Cl)ccc1Cc1ccc2ccn(Cc3ccccc3)c2c1. The predicted octanol–water partition coefficient (Wildman–Crippen LogP) is 5.63. The molecule has 0 spiro atoms. The number of benzene rings is 3. The van der Waals surface area contributed by atoms with Crippen LogP contribution in [0.25, 0.3) is 10.9 Å². The predicted molar refractivity (Wildman–Crippen MR) is 109 cm³/mol. The number of carboxylic acid groups (broad SMARTS) is 1. The third-order valence-electron chi connectivity index (χ3n) is 4.73. The zero-order chi connectivity index (χ0) is 18.8. The highest BCUT2D eigenvalue weighted by Gasteiger charge is 2.12. The third kappa shape index (κ3) is 3.74. The molecular formula is C23H18ClNO2. The summed E-state index contributed by atoms with van der Waals surface area (Å²) in [6.45, 7) is 0.801. The van der Waals surface area contributed by atoms with Gasteiger partial charge in [0.15, 0.2) is 0 Å². The first-order valence-electron chi connectivity index (χ1n) is 8.73. The van der Waals surface area contributed by atoms with Gasteiger partial charge in [0.1, 0.15) is 0 Å². The van der Waals surface area contributed by atoms with E-state index in [2.05, 4.69) is 47.2 Å². The van der Waals surface area contributed by atoms with E-state index in [1.807, 2.05) is 18.2 Å². The summed E-state index contributed by atoms with van der Waals surface area (Å²) < 4.78 is 2.22. The molecule has 4 aromatic rings. The highest BCUT2D eigenvalue weighted by Crippen LogP contribution is 2.23. The molecule has 1 heterocycles. The number of hydrogen-bond acceptors (Lipinski definition) is 1. The van der Waals surface area contributed by atoms with Crippen molar-refractivity contribution in [1.82, 2.24) is 4.57 Å². The number of nitrogens with zero attached hydrogens (tertiary/aromatic N) is 1. The van der Waals surface area contributed by atoms with Gasteiger partial charge in [-0.2, -0.15) is 0 Å². The normalized spacial score (nSPS) is 11.0. The molecular weight excluding hydrogens is 358 g/mol. The second-order valence-corrected chi connectivity index (χ2v) is 7.04. The minimum absolute atomic E-state index is 0.252. The number of halogens is 1. The fraction of sp³-hybridized carbons (Fsp3) is 0.0870. The fourth-order valence-corrected chi connectivity index (χ4v) is 3.55. The Kier molecular flexibility index (Phi) is 4.69. The summed E-state index contributed by atoms with van der Waals surface area (Å²) in [5.41, 5.74) is 4.46. The monoisotopic (exact) mass is 375 g/mol. The van der Waals surface area contributed by atoms with Crippen LogP contribution in [0.2, 0.25) is 5.02 Å². The summed E-state index contributed by atoms with van der Waals surface area (Å²) in [5, 5.41) is 11.1. The second-order valence-electron chi connectivity index (χ2n) is 6.61. The Morgan fingerprint density at radius 2 is 1.74 bits per heavy atom. The lowest BCUT2D eigenvalue weighted by Gasteiger charge is -2.09. The number of hydrogen-bond donors (Lipinski definition) is 1. The molecule has 4 rings (SSSR count). The lowest BCUT2D eigenvalue weighted by Crippen LogP contribution is -2.03. The zero-order valence-electron chi connectivity index (χ0n) is 14.6. The summed E-state index contributed by atoms with van der Waals surface area (Å²) in [6.07, 6.45) is 2.64. The first-order chi connectivity index (χ1) is 13.1. The molecule has 1 aromatic heterocycles. The van der Waals surface area contributed by atoms with E-state index in [0.29, 0.717) is 11.4 Å². The number of fused-ring (bicyclic) bond motifs is 1. The molecule has 4 heteroatoms. The molecule has 0 fully saturated rings. The number of carboxylic acids is 1. The molecule has 27 heavy (non-hydrogen) atoms. The van der Waals surface area contributed by atoms with E-state index in [-0.39, 0.29) is 5.56 Å².